The fraction of sp³-hybridized carbons (Fsp3) is 0.267. The Kier molecular flexibility index (Phi) is 4.36. The Morgan fingerprint density at radius 1 is 1.16 bits per heavy atom. The minimum absolute atomic E-state index is 0.398. The molecule has 0 saturated carbocycles. The summed E-state index contributed by atoms with van der Waals surface area (Å²) in [7, 11) is 1.62. The summed E-state index contributed by atoms with van der Waals surface area (Å²) in [5.74, 6) is 1.38. The van der Waals surface area contributed by atoms with Gasteiger partial charge in [-0.05, 0) is 25.1 Å². The molecule has 0 unspecified atom stereocenters. The molecule has 1 heterocycles. The van der Waals surface area contributed by atoms with Gasteiger partial charge in [0.05, 0.1) is 12.8 Å². The number of pyridine rings is 1. The lowest BCUT2D eigenvalue weighted by molar-refractivity contribution is 0.277. The number of benzene rings is 1. The van der Waals surface area contributed by atoms with Crippen LogP contribution in [0.15, 0.2) is 36.4 Å². The third-order valence-corrected chi connectivity index (χ3v) is 2.81. The number of hydrogen-bond acceptors (Lipinski definition) is 4. The molecule has 19 heavy (non-hydrogen) atoms. The first-order valence-electron chi connectivity index (χ1n) is 6.16. The third-order valence-electron chi connectivity index (χ3n) is 2.81. The molecule has 1 aromatic carbocycles. The van der Waals surface area contributed by atoms with Gasteiger partial charge in [0.1, 0.15) is 6.61 Å². The van der Waals surface area contributed by atoms with E-state index in [1.165, 1.54) is 0 Å². The Hall–Kier alpha value is -2.07. The standard InChI is InChI=1S/C15H18N2O2/c1-11-5-3-7-13(17-11)10-19-15-12(9-16)6-4-8-14(15)18-2/h3-8H,9-10,16H2,1-2H3. The first-order valence-corrected chi connectivity index (χ1v) is 6.16. The molecule has 0 aliphatic heterocycles. The van der Waals surface area contributed by atoms with Gasteiger partial charge in [-0.3, -0.25) is 4.98 Å². The number of aryl methyl sites for hydroxylation is 1. The van der Waals surface area contributed by atoms with Crippen molar-refractivity contribution in [1.29, 1.82) is 0 Å². The van der Waals surface area contributed by atoms with E-state index in [1.807, 2.05) is 43.3 Å². The fourth-order valence-corrected chi connectivity index (χ4v) is 1.87. The van der Waals surface area contributed by atoms with Crippen LogP contribution in [-0.4, -0.2) is 12.1 Å². The van der Waals surface area contributed by atoms with E-state index >= 15 is 0 Å². The summed E-state index contributed by atoms with van der Waals surface area (Å²) in [5.41, 5.74) is 8.49. The van der Waals surface area contributed by atoms with Crippen LogP contribution in [0.5, 0.6) is 11.5 Å². The molecule has 4 heteroatoms. The van der Waals surface area contributed by atoms with Gasteiger partial charge in [-0.15, -0.1) is 0 Å². The van der Waals surface area contributed by atoms with E-state index in [0.29, 0.717) is 24.7 Å². The molecule has 0 aliphatic carbocycles. The number of rotatable bonds is 5. The normalized spacial score (nSPS) is 10.3. The number of nitrogens with zero attached hydrogens (tertiary/aromatic N) is 1. The van der Waals surface area contributed by atoms with Gasteiger partial charge in [-0.25, -0.2) is 0 Å². The van der Waals surface area contributed by atoms with Crippen molar-refractivity contribution < 1.29 is 9.47 Å². The van der Waals surface area contributed by atoms with E-state index in [1.54, 1.807) is 7.11 Å². The maximum atomic E-state index is 5.82. The lowest BCUT2D eigenvalue weighted by atomic mass is 10.2. The van der Waals surface area contributed by atoms with Gasteiger partial charge in [0.25, 0.3) is 0 Å². The summed E-state index contributed by atoms with van der Waals surface area (Å²) in [4.78, 5) is 4.40. The predicted molar refractivity (Wildman–Crippen MR) is 74.2 cm³/mol. The SMILES string of the molecule is COc1cccc(CN)c1OCc1cccc(C)n1. The van der Waals surface area contributed by atoms with Crippen molar-refractivity contribution in [3.8, 4) is 11.5 Å². The van der Waals surface area contributed by atoms with E-state index in [9.17, 15) is 0 Å². The van der Waals surface area contributed by atoms with Crippen LogP contribution in [0.2, 0.25) is 0 Å². The highest BCUT2D eigenvalue weighted by Crippen LogP contribution is 2.31. The summed E-state index contributed by atoms with van der Waals surface area (Å²) in [6.07, 6.45) is 0. The summed E-state index contributed by atoms with van der Waals surface area (Å²) < 4.78 is 11.1. The van der Waals surface area contributed by atoms with E-state index in [2.05, 4.69) is 4.98 Å². The zero-order valence-electron chi connectivity index (χ0n) is 11.2. The second kappa shape index (κ2) is 6.20. The van der Waals surface area contributed by atoms with Crippen molar-refractivity contribution in [3.05, 3.63) is 53.3 Å². The fourth-order valence-electron chi connectivity index (χ4n) is 1.87. The van der Waals surface area contributed by atoms with Crippen molar-refractivity contribution in [2.75, 3.05) is 7.11 Å². The summed E-state index contributed by atoms with van der Waals surface area (Å²) in [5, 5.41) is 0. The number of ether oxygens (including phenoxy) is 2. The zero-order chi connectivity index (χ0) is 13.7. The Morgan fingerprint density at radius 3 is 2.63 bits per heavy atom. The largest absolute Gasteiger partial charge is 0.493 e. The van der Waals surface area contributed by atoms with E-state index in [-0.39, 0.29) is 0 Å². The number of aromatic nitrogens is 1. The van der Waals surface area contributed by atoms with Crippen LogP contribution >= 0.6 is 0 Å². The summed E-state index contributed by atoms with van der Waals surface area (Å²) in [6, 6.07) is 11.5. The van der Waals surface area contributed by atoms with Crippen LogP contribution in [0.4, 0.5) is 0 Å². The van der Waals surface area contributed by atoms with Crippen molar-refractivity contribution >= 4 is 0 Å². The Morgan fingerprint density at radius 2 is 1.95 bits per heavy atom. The summed E-state index contributed by atoms with van der Waals surface area (Å²) in [6.45, 7) is 2.76. The number of para-hydroxylation sites is 1. The summed E-state index contributed by atoms with van der Waals surface area (Å²) >= 11 is 0. The molecular weight excluding hydrogens is 240 g/mol. The molecular formula is C15H18N2O2. The van der Waals surface area contributed by atoms with Gasteiger partial charge in [0, 0.05) is 17.8 Å². The molecule has 0 fully saturated rings. The lowest BCUT2D eigenvalue weighted by Gasteiger charge is -2.14. The number of nitrogens with two attached hydrogens (primary N) is 1. The maximum Gasteiger partial charge on any atom is 0.166 e. The van der Waals surface area contributed by atoms with Gasteiger partial charge in [-0.1, -0.05) is 18.2 Å². The topological polar surface area (TPSA) is 57.4 Å². The van der Waals surface area contributed by atoms with Crippen LogP contribution in [0.1, 0.15) is 17.0 Å². The molecule has 0 aliphatic rings. The Bertz CT molecular complexity index is 533. The minimum atomic E-state index is 0.398. The molecule has 0 spiro atoms. The van der Waals surface area contributed by atoms with E-state index in [0.717, 1.165) is 17.0 Å². The highest BCUT2D eigenvalue weighted by atomic mass is 16.5. The number of hydrogen-bond donors (Lipinski definition) is 1. The van der Waals surface area contributed by atoms with Gasteiger partial charge in [0.15, 0.2) is 11.5 Å². The first-order chi connectivity index (χ1) is 9.24. The molecule has 2 aromatic rings. The van der Waals surface area contributed by atoms with Gasteiger partial charge in [-0.2, -0.15) is 0 Å². The molecule has 0 bridgehead atoms. The third kappa shape index (κ3) is 3.23. The molecule has 2 rings (SSSR count). The highest BCUT2D eigenvalue weighted by Gasteiger charge is 2.09. The zero-order valence-corrected chi connectivity index (χ0v) is 11.2. The molecule has 0 amide bonds. The second-order valence-corrected chi connectivity index (χ2v) is 4.21. The van der Waals surface area contributed by atoms with Gasteiger partial charge in [0.2, 0.25) is 0 Å². The smallest absolute Gasteiger partial charge is 0.166 e. The molecule has 1 aromatic heterocycles. The Balaban J connectivity index is 2.19. The van der Waals surface area contributed by atoms with Crippen LogP contribution in [0, 0.1) is 6.92 Å². The maximum absolute atomic E-state index is 5.82. The van der Waals surface area contributed by atoms with Crippen LogP contribution in [0.25, 0.3) is 0 Å². The van der Waals surface area contributed by atoms with Crippen molar-refractivity contribution in [1.82, 2.24) is 4.98 Å². The first kappa shape index (κ1) is 13.4. The average Bonchev–Trinajstić information content (AvgIpc) is 2.44. The molecule has 4 nitrogen and oxygen atoms in total. The van der Waals surface area contributed by atoms with Crippen LogP contribution in [-0.2, 0) is 13.2 Å². The minimum Gasteiger partial charge on any atom is -0.493 e. The van der Waals surface area contributed by atoms with Crippen molar-refractivity contribution in [2.45, 2.75) is 20.1 Å². The number of methoxy groups -OCH3 is 1. The van der Waals surface area contributed by atoms with Gasteiger partial charge < -0.3 is 15.2 Å². The lowest BCUT2D eigenvalue weighted by Crippen LogP contribution is -2.05. The van der Waals surface area contributed by atoms with Crippen molar-refractivity contribution in [2.24, 2.45) is 5.73 Å². The van der Waals surface area contributed by atoms with Crippen LogP contribution in [0.3, 0.4) is 0 Å². The van der Waals surface area contributed by atoms with Crippen molar-refractivity contribution in [3.63, 3.8) is 0 Å². The average molecular weight is 258 g/mol. The molecule has 2 N–H and O–H groups in total. The monoisotopic (exact) mass is 258 g/mol. The van der Waals surface area contributed by atoms with Crippen LogP contribution < -0.4 is 15.2 Å². The highest BCUT2D eigenvalue weighted by molar-refractivity contribution is 5.46. The predicted octanol–water partition coefficient (Wildman–Crippen LogP) is 2.44. The molecule has 0 saturated heterocycles. The molecule has 100 valence electrons. The second-order valence-electron chi connectivity index (χ2n) is 4.21. The van der Waals surface area contributed by atoms with Gasteiger partial charge >= 0.3 is 0 Å². The van der Waals surface area contributed by atoms with E-state index in [4.69, 9.17) is 15.2 Å². The Labute approximate surface area is 113 Å². The quantitative estimate of drug-likeness (QED) is 0.895. The molecule has 0 radical (unpaired) electrons. The van der Waals surface area contributed by atoms with E-state index < -0.39 is 0 Å². The molecule has 0 atom stereocenters.